The Kier molecular flexibility index (Phi) is 5.22. The van der Waals surface area contributed by atoms with Crippen molar-refractivity contribution < 1.29 is 22.9 Å². The molecule has 106 valence electrons. The first-order valence-corrected chi connectivity index (χ1v) is 8.32. The van der Waals surface area contributed by atoms with Crippen molar-refractivity contribution in [1.82, 2.24) is 0 Å². The molecular formula is C12H23O5P. The van der Waals surface area contributed by atoms with Gasteiger partial charge in [0.15, 0.2) is 0 Å². The van der Waals surface area contributed by atoms with Crippen LogP contribution in [0.15, 0.2) is 0 Å². The molecule has 0 unspecified atom stereocenters. The molecule has 0 aromatic carbocycles. The van der Waals surface area contributed by atoms with E-state index >= 15 is 0 Å². The first-order valence-electron chi connectivity index (χ1n) is 6.86. The van der Waals surface area contributed by atoms with Gasteiger partial charge < -0.3 is 4.74 Å². The molecule has 3 rings (SSSR count). The Morgan fingerprint density at radius 1 is 1.00 bits per heavy atom. The molecule has 0 aromatic heterocycles. The molecule has 2 bridgehead atoms. The van der Waals surface area contributed by atoms with Gasteiger partial charge in [-0.2, -0.15) is 0 Å². The Bertz CT molecular complexity index is 276. The normalized spacial score (nSPS) is 34.9. The SMILES string of the molecule is CCCCCCCCOC12COP(=O)(OC1)OC2. The van der Waals surface area contributed by atoms with E-state index in [1.165, 1.54) is 32.1 Å². The van der Waals surface area contributed by atoms with Gasteiger partial charge in [0.1, 0.15) is 5.60 Å². The highest BCUT2D eigenvalue weighted by Crippen LogP contribution is 2.58. The van der Waals surface area contributed by atoms with Gasteiger partial charge in [0.2, 0.25) is 0 Å². The second-order valence-corrected chi connectivity index (χ2v) is 6.74. The largest absolute Gasteiger partial charge is 0.475 e. The van der Waals surface area contributed by atoms with Crippen molar-refractivity contribution in [1.29, 1.82) is 0 Å². The van der Waals surface area contributed by atoms with E-state index in [4.69, 9.17) is 18.3 Å². The van der Waals surface area contributed by atoms with E-state index in [0.717, 1.165) is 6.42 Å². The summed E-state index contributed by atoms with van der Waals surface area (Å²) in [5.41, 5.74) is -0.532. The van der Waals surface area contributed by atoms with Crippen LogP contribution in [-0.2, 0) is 22.9 Å². The van der Waals surface area contributed by atoms with Gasteiger partial charge in [-0.25, -0.2) is 4.57 Å². The number of phosphoric ester groups is 1. The van der Waals surface area contributed by atoms with Crippen LogP contribution in [0.4, 0.5) is 0 Å². The average Bonchev–Trinajstić information content (AvgIpc) is 2.40. The third-order valence-electron chi connectivity index (χ3n) is 3.36. The molecular weight excluding hydrogens is 255 g/mol. The lowest BCUT2D eigenvalue weighted by Crippen LogP contribution is -2.53. The van der Waals surface area contributed by atoms with Crippen molar-refractivity contribution in [2.45, 2.75) is 51.0 Å². The Labute approximate surface area is 109 Å². The van der Waals surface area contributed by atoms with Gasteiger partial charge in [0, 0.05) is 6.61 Å². The number of ether oxygens (including phenoxy) is 1. The molecule has 0 spiro atoms. The maximum atomic E-state index is 11.5. The summed E-state index contributed by atoms with van der Waals surface area (Å²) >= 11 is 0. The van der Waals surface area contributed by atoms with Crippen LogP contribution >= 0.6 is 7.82 Å². The number of hydrogen-bond acceptors (Lipinski definition) is 5. The van der Waals surface area contributed by atoms with Gasteiger partial charge in [-0.05, 0) is 6.42 Å². The zero-order valence-corrected chi connectivity index (χ0v) is 12.0. The topological polar surface area (TPSA) is 54.0 Å². The van der Waals surface area contributed by atoms with Crippen LogP contribution in [0.2, 0.25) is 0 Å². The minimum absolute atomic E-state index is 0.320. The molecule has 3 aliphatic rings. The van der Waals surface area contributed by atoms with Crippen LogP contribution in [0.3, 0.4) is 0 Å². The lowest BCUT2D eigenvalue weighted by molar-refractivity contribution is -0.183. The molecule has 3 fully saturated rings. The second-order valence-electron chi connectivity index (χ2n) is 5.07. The molecule has 18 heavy (non-hydrogen) atoms. The zero-order chi connectivity index (χ0) is 12.9. The first-order chi connectivity index (χ1) is 8.68. The molecule has 0 atom stereocenters. The van der Waals surface area contributed by atoms with Crippen molar-refractivity contribution in [2.24, 2.45) is 0 Å². The minimum Gasteiger partial charge on any atom is -0.368 e. The molecule has 0 N–H and O–H groups in total. The fourth-order valence-electron chi connectivity index (χ4n) is 2.12. The third-order valence-corrected chi connectivity index (χ3v) is 4.70. The maximum absolute atomic E-state index is 11.5. The Hall–Kier alpha value is 0.0700. The van der Waals surface area contributed by atoms with Crippen LogP contribution < -0.4 is 0 Å². The third kappa shape index (κ3) is 3.78. The van der Waals surface area contributed by atoms with Crippen molar-refractivity contribution in [3.8, 4) is 0 Å². The molecule has 6 heteroatoms. The van der Waals surface area contributed by atoms with Crippen LogP contribution in [0.25, 0.3) is 0 Å². The zero-order valence-electron chi connectivity index (χ0n) is 11.1. The first kappa shape index (κ1) is 14.5. The highest BCUT2D eigenvalue weighted by Gasteiger charge is 2.51. The van der Waals surface area contributed by atoms with E-state index in [0.29, 0.717) is 26.4 Å². The number of fused-ring (bicyclic) bond motifs is 3. The monoisotopic (exact) mass is 278 g/mol. The molecule has 0 saturated carbocycles. The Morgan fingerprint density at radius 3 is 2.17 bits per heavy atom. The predicted octanol–water partition coefficient (Wildman–Crippen LogP) is 3.29. The van der Waals surface area contributed by atoms with Crippen molar-refractivity contribution in [3.63, 3.8) is 0 Å². The van der Waals surface area contributed by atoms with Gasteiger partial charge >= 0.3 is 7.82 Å². The summed E-state index contributed by atoms with van der Waals surface area (Å²) in [6.07, 6.45) is 7.39. The number of phosphoric acid groups is 1. The predicted molar refractivity (Wildman–Crippen MR) is 67.5 cm³/mol. The molecule has 0 aliphatic carbocycles. The number of unbranched alkanes of at least 4 members (excludes halogenated alkanes) is 5. The highest BCUT2D eigenvalue weighted by molar-refractivity contribution is 7.48. The van der Waals surface area contributed by atoms with Gasteiger partial charge in [-0.1, -0.05) is 39.0 Å². The smallest absolute Gasteiger partial charge is 0.368 e. The summed E-state index contributed by atoms with van der Waals surface area (Å²) in [6.45, 7) is 3.86. The highest BCUT2D eigenvalue weighted by atomic mass is 31.2. The van der Waals surface area contributed by atoms with Gasteiger partial charge in [0.05, 0.1) is 19.8 Å². The van der Waals surface area contributed by atoms with Crippen LogP contribution in [-0.4, -0.2) is 32.0 Å². The summed E-state index contributed by atoms with van der Waals surface area (Å²) in [5, 5.41) is 0. The fraction of sp³-hybridized carbons (Fsp3) is 1.00. The molecule has 0 radical (unpaired) electrons. The van der Waals surface area contributed by atoms with Gasteiger partial charge in [-0.3, -0.25) is 13.6 Å². The minimum atomic E-state index is -3.21. The van der Waals surface area contributed by atoms with Crippen LogP contribution in [0.5, 0.6) is 0 Å². The lowest BCUT2D eigenvalue weighted by atomic mass is 10.1. The van der Waals surface area contributed by atoms with Gasteiger partial charge in [0.25, 0.3) is 0 Å². The van der Waals surface area contributed by atoms with Gasteiger partial charge in [-0.15, -0.1) is 0 Å². The number of rotatable bonds is 8. The lowest BCUT2D eigenvalue weighted by Gasteiger charge is -2.43. The summed E-state index contributed by atoms with van der Waals surface area (Å²) in [6, 6.07) is 0. The molecule has 0 aromatic rings. The van der Waals surface area contributed by atoms with E-state index in [1.807, 2.05) is 0 Å². The molecule has 5 nitrogen and oxygen atoms in total. The van der Waals surface area contributed by atoms with Crippen molar-refractivity contribution >= 4 is 7.82 Å². The number of hydrogen-bond donors (Lipinski definition) is 0. The van der Waals surface area contributed by atoms with Crippen LogP contribution in [0, 0.1) is 0 Å². The fourth-order valence-corrected chi connectivity index (χ4v) is 3.53. The summed E-state index contributed by atoms with van der Waals surface area (Å²) in [7, 11) is -3.21. The van der Waals surface area contributed by atoms with E-state index in [2.05, 4.69) is 6.92 Å². The van der Waals surface area contributed by atoms with E-state index < -0.39 is 13.4 Å². The Morgan fingerprint density at radius 2 is 1.56 bits per heavy atom. The summed E-state index contributed by atoms with van der Waals surface area (Å²) < 4.78 is 32.5. The van der Waals surface area contributed by atoms with Crippen molar-refractivity contribution in [2.75, 3.05) is 26.4 Å². The second kappa shape index (κ2) is 6.49. The standard InChI is InChI=1S/C12H23O5P/c1-2-3-4-5-6-7-8-14-12-9-15-18(13,16-10-12)17-11-12/h2-11H2,1H3. The van der Waals surface area contributed by atoms with Crippen LogP contribution in [0.1, 0.15) is 45.4 Å². The Balaban J connectivity index is 1.58. The average molecular weight is 278 g/mol. The summed E-state index contributed by atoms with van der Waals surface area (Å²) in [5.74, 6) is 0. The molecule has 3 saturated heterocycles. The molecule has 0 amide bonds. The van der Waals surface area contributed by atoms with E-state index in [1.54, 1.807) is 0 Å². The quantitative estimate of drug-likeness (QED) is 0.503. The maximum Gasteiger partial charge on any atom is 0.475 e. The molecule has 3 aliphatic heterocycles. The molecule has 3 heterocycles. The van der Waals surface area contributed by atoms with E-state index in [9.17, 15) is 4.57 Å². The summed E-state index contributed by atoms with van der Waals surface area (Å²) in [4.78, 5) is 0. The van der Waals surface area contributed by atoms with E-state index in [-0.39, 0.29) is 0 Å². The van der Waals surface area contributed by atoms with Crippen molar-refractivity contribution in [3.05, 3.63) is 0 Å².